The summed E-state index contributed by atoms with van der Waals surface area (Å²) in [6, 6.07) is 6.47. The third-order valence-corrected chi connectivity index (χ3v) is 2.83. The maximum absolute atomic E-state index is 12.5. The first-order valence-electron chi connectivity index (χ1n) is 5.44. The van der Waals surface area contributed by atoms with Gasteiger partial charge in [0.25, 0.3) is 0 Å². The zero-order chi connectivity index (χ0) is 15.6. The number of ether oxygens (including phenoxy) is 2. The SMILES string of the molecule is COc1ccccc1Oc1c(Cl)nc(C(F)(F)F)nc1Cl. The van der Waals surface area contributed by atoms with E-state index in [4.69, 9.17) is 32.7 Å². The van der Waals surface area contributed by atoms with E-state index in [1.54, 1.807) is 18.2 Å². The van der Waals surface area contributed by atoms with Gasteiger partial charge in [-0.15, -0.1) is 0 Å². The fourth-order valence-electron chi connectivity index (χ4n) is 1.42. The van der Waals surface area contributed by atoms with E-state index in [9.17, 15) is 13.2 Å². The first kappa shape index (κ1) is 15.7. The molecule has 0 aliphatic heterocycles. The topological polar surface area (TPSA) is 44.2 Å². The van der Waals surface area contributed by atoms with Crippen LogP contribution in [-0.2, 0) is 6.18 Å². The van der Waals surface area contributed by atoms with Gasteiger partial charge in [0.2, 0.25) is 11.6 Å². The molecule has 4 nitrogen and oxygen atoms in total. The zero-order valence-electron chi connectivity index (χ0n) is 10.4. The second kappa shape index (κ2) is 5.95. The molecule has 2 rings (SSSR count). The third-order valence-electron chi connectivity index (χ3n) is 2.32. The Hall–Kier alpha value is -1.73. The molecule has 0 atom stereocenters. The number of rotatable bonds is 3. The molecule has 0 N–H and O–H groups in total. The number of hydrogen-bond donors (Lipinski definition) is 0. The van der Waals surface area contributed by atoms with E-state index >= 15 is 0 Å². The quantitative estimate of drug-likeness (QED) is 0.767. The van der Waals surface area contributed by atoms with Crippen molar-refractivity contribution in [3.63, 3.8) is 0 Å². The van der Waals surface area contributed by atoms with Crippen LogP contribution in [0.5, 0.6) is 17.2 Å². The Morgan fingerprint density at radius 2 is 1.52 bits per heavy atom. The Morgan fingerprint density at radius 3 is 2.00 bits per heavy atom. The first-order valence-corrected chi connectivity index (χ1v) is 6.19. The Morgan fingerprint density at radius 1 is 1.00 bits per heavy atom. The summed E-state index contributed by atoms with van der Waals surface area (Å²) in [5.41, 5.74) is 0. The van der Waals surface area contributed by atoms with E-state index in [0.717, 1.165) is 0 Å². The smallest absolute Gasteiger partial charge is 0.451 e. The minimum Gasteiger partial charge on any atom is -0.493 e. The van der Waals surface area contributed by atoms with E-state index in [-0.39, 0.29) is 11.5 Å². The van der Waals surface area contributed by atoms with Crippen molar-refractivity contribution in [3.05, 3.63) is 40.4 Å². The van der Waals surface area contributed by atoms with Gasteiger partial charge in [0.1, 0.15) is 0 Å². The van der Waals surface area contributed by atoms with Crippen LogP contribution in [0.1, 0.15) is 5.82 Å². The van der Waals surface area contributed by atoms with Crippen LogP contribution in [0.4, 0.5) is 13.2 Å². The van der Waals surface area contributed by atoms with Crippen molar-refractivity contribution in [1.82, 2.24) is 9.97 Å². The van der Waals surface area contributed by atoms with Gasteiger partial charge in [-0.25, -0.2) is 9.97 Å². The highest BCUT2D eigenvalue weighted by Gasteiger charge is 2.36. The number of alkyl halides is 3. The van der Waals surface area contributed by atoms with Gasteiger partial charge < -0.3 is 9.47 Å². The summed E-state index contributed by atoms with van der Waals surface area (Å²) in [4.78, 5) is 6.27. The minimum absolute atomic E-state index is 0.215. The predicted octanol–water partition coefficient (Wildman–Crippen LogP) is 4.60. The van der Waals surface area contributed by atoms with Crippen molar-refractivity contribution in [2.45, 2.75) is 6.18 Å². The van der Waals surface area contributed by atoms with Gasteiger partial charge in [0.15, 0.2) is 21.8 Å². The average molecular weight is 339 g/mol. The standard InChI is InChI=1S/C12H7Cl2F3N2O2/c1-20-6-4-2-3-5-7(6)21-8-9(13)18-11(12(15,16)17)19-10(8)14/h2-5H,1H3. The average Bonchev–Trinajstić information content (AvgIpc) is 2.42. The normalized spacial score (nSPS) is 11.3. The molecule has 112 valence electrons. The fourth-order valence-corrected chi connectivity index (χ4v) is 1.89. The zero-order valence-corrected chi connectivity index (χ0v) is 11.9. The second-order valence-electron chi connectivity index (χ2n) is 3.71. The van der Waals surface area contributed by atoms with Crippen LogP contribution in [0.2, 0.25) is 10.3 Å². The van der Waals surface area contributed by atoms with Gasteiger partial charge in [-0.1, -0.05) is 35.3 Å². The first-order chi connectivity index (χ1) is 9.82. The van der Waals surface area contributed by atoms with Crippen LogP contribution in [-0.4, -0.2) is 17.1 Å². The summed E-state index contributed by atoms with van der Waals surface area (Å²) in [6.45, 7) is 0. The van der Waals surface area contributed by atoms with Crippen molar-refractivity contribution in [1.29, 1.82) is 0 Å². The summed E-state index contributed by atoms with van der Waals surface area (Å²) < 4.78 is 48.0. The number of halogens is 5. The molecule has 1 heterocycles. The third kappa shape index (κ3) is 3.48. The van der Waals surface area contributed by atoms with Gasteiger partial charge in [-0.3, -0.25) is 0 Å². The molecule has 0 amide bonds. The molecular weight excluding hydrogens is 332 g/mol. The van der Waals surface area contributed by atoms with Crippen LogP contribution in [0, 0.1) is 0 Å². The van der Waals surface area contributed by atoms with Gasteiger partial charge >= 0.3 is 6.18 Å². The lowest BCUT2D eigenvalue weighted by molar-refractivity contribution is -0.145. The molecule has 0 unspecified atom stereocenters. The molecule has 0 aliphatic carbocycles. The molecular formula is C12H7Cl2F3N2O2. The summed E-state index contributed by atoms with van der Waals surface area (Å²) in [5, 5.41) is -1.10. The largest absolute Gasteiger partial charge is 0.493 e. The lowest BCUT2D eigenvalue weighted by Gasteiger charge is -2.13. The Kier molecular flexibility index (Phi) is 4.43. The summed E-state index contributed by atoms with van der Waals surface area (Å²) >= 11 is 11.4. The predicted molar refractivity (Wildman–Crippen MR) is 70.1 cm³/mol. The van der Waals surface area contributed by atoms with Gasteiger partial charge in [0.05, 0.1) is 7.11 Å². The number of para-hydroxylation sites is 2. The summed E-state index contributed by atoms with van der Waals surface area (Å²) in [5.74, 6) is -1.16. The summed E-state index contributed by atoms with van der Waals surface area (Å²) in [7, 11) is 1.41. The highest BCUT2D eigenvalue weighted by atomic mass is 35.5. The molecule has 0 bridgehead atoms. The number of hydrogen-bond acceptors (Lipinski definition) is 4. The van der Waals surface area contributed by atoms with Gasteiger partial charge in [-0.05, 0) is 12.1 Å². The van der Waals surface area contributed by atoms with Crippen molar-refractivity contribution in [2.75, 3.05) is 7.11 Å². The van der Waals surface area contributed by atoms with Crippen molar-refractivity contribution in [3.8, 4) is 17.2 Å². The van der Waals surface area contributed by atoms with Crippen molar-refractivity contribution in [2.24, 2.45) is 0 Å². The number of aromatic nitrogens is 2. The molecule has 0 saturated carbocycles. The van der Waals surface area contributed by atoms with E-state index in [1.807, 2.05) is 0 Å². The fraction of sp³-hybridized carbons (Fsp3) is 0.167. The maximum atomic E-state index is 12.5. The van der Waals surface area contributed by atoms with Crippen LogP contribution in [0.25, 0.3) is 0 Å². The van der Waals surface area contributed by atoms with E-state index in [0.29, 0.717) is 5.75 Å². The van der Waals surface area contributed by atoms with E-state index < -0.39 is 22.3 Å². The van der Waals surface area contributed by atoms with Crippen LogP contribution >= 0.6 is 23.2 Å². The second-order valence-corrected chi connectivity index (χ2v) is 4.42. The maximum Gasteiger partial charge on any atom is 0.451 e. The summed E-state index contributed by atoms with van der Waals surface area (Å²) in [6.07, 6.45) is -4.75. The monoisotopic (exact) mass is 338 g/mol. The molecule has 21 heavy (non-hydrogen) atoms. The van der Waals surface area contributed by atoms with Gasteiger partial charge in [0, 0.05) is 0 Å². The Balaban J connectivity index is 2.42. The number of methoxy groups -OCH3 is 1. The van der Waals surface area contributed by atoms with Crippen molar-refractivity contribution >= 4 is 23.2 Å². The lowest BCUT2D eigenvalue weighted by atomic mass is 10.3. The Bertz CT molecular complexity index is 642. The Labute approximate surface area is 127 Å². The highest BCUT2D eigenvalue weighted by molar-refractivity contribution is 6.35. The number of nitrogens with zero attached hydrogens (tertiary/aromatic N) is 2. The molecule has 9 heteroatoms. The molecule has 0 spiro atoms. The molecule has 2 aromatic rings. The minimum atomic E-state index is -4.75. The highest BCUT2D eigenvalue weighted by Crippen LogP contribution is 2.39. The van der Waals surface area contributed by atoms with Crippen LogP contribution in [0.3, 0.4) is 0 Å². The van der Waals surface area contributed by atoms with Crippen LogP contribution < -0.4 is 9.47 Å². The molecule has 0 aliphatic rings. The molecule has 1 aromatic carbocycles. The number of benzene rings is 1. The lowest BCUT2D eigenvalue weighted by Crippen LogP contribution is -2.11. The van der Waals surface area contributed by atoms with Crippen molar-refractivity contribution < 1.29 is 22.6 Å². The van der Waals surface area contributed by atoms with E-state index in [2.05, 4.69) is 9.97 Å². The molecule has 1 aromatic heterocycles. The van der Waals surface area contributed by atoms with E-state index in [1.165, 1.54) is 13.2 Å². The van der Waals surface area contributed by atoms with Gasteiger partial charge in [-0.2, -0.15) is 13.2 Å². The molecule has 0 fully saturated rings. The molecule has 0 saturated heterocycles. The molecule has 0 radical (unpaired) electrons. The van der Waals surface area contributed by atoms with Crippen LogP contribution in [0.15, 0.2) is 24.3 Å².